The van der Waals surface area contributed by atoms with E-state index in [1.807, 2.05) is 42.0 Å². The molecule has 1 aliphatic heterocycles. The maximum absolute atomic E-state index is 12.2. The molecule has 2 heterocycles. The van der Waals surface area contributed by atoms with Crippen LogP contribution in [0, 0.1) is 0 Å². The van der Waals surface area contributed by atoms with Gasteiger partial charge < -0.3 is 15.2 Å². The molecule has 0 spiro atoms. The van der Waals surface area contributed by atoms with Crippen LogP contribution in [-0.4, -0.2) is 32.7 Å². The van der Waals surface area contributed by atoms with Crippen molar-refractivity contribution in [3.63, 3.8) is 0 Å². The minimum Gasteiger partial charge on any atom is -0.352 e. The first-order valence-corrected chi connectivity index (χ1v) is 8.31. The summed E-state index contributed by atoms with van der Waals surface area (Å²) in [6, 6.07) is 7.59. The number of imidazole rings is 1. The molecule has 6 nitrogen and oxygen atoms in total. The van der Waals surface area contributed by atoms with E-state index in [0.29, 0.717) is 6.54 Å². The van der Waals surface area contributed by atoms with Crippen molar-refractivity contribution in [1.29, 1.82) is 0 Å². The molecule has 0 radical (unpaired) electrons. The summed E-state index contributed by atoms with van der Waals surface area (Å²) >= 11 is 1.44. The lowest BCUT2D eigenvalue weighted by Crippen LogP contribution is -2.39. The molecule has 2 amide bonds. The Morgan fingerprint density at radius 2 is 2.30 bits per heavy atom. The third-order valence-corrected chi connectivity index (χ3v) is 4.80. The fourth-order valence-electron chi connectivity index (χ4n) is 2.49. The number of aromatic nitrogens is 2. The Kier molecular flexibility index (Phi) is 4.66. The van der Waals surface area contributed by atoms with E-state index < -0.39 is 5.25 Å². The van der Waals surface area contributed by atoms with Crippen molar-refractivity contribution in [2.45, 2.75) is 36.1 Å². The summed E-state index contributed by atoms with van der Waals surface area (Å²) in [4.78, 5) is 29.3. The number of anilines is 1. The minimum atomic E-state index is -0.398. The average molecular weight is 330 g/mol. The summed E-state index contributed by atoms with van der Waals surface area (Å²) in [5, 5.41) is 5.38. The number of amides is 2. The van der Waals surface area contributed by atoms with Crippen molar-refractivity contribution in [3.8, 4) is 0 Å². The maximum Gasteiger partial charge on any atom is 0.238 e. The number of fused-ring (bicyclic) bond motifs is 1. The van der Waals surface area contributed by atoms with Gasteiger partial charge in [-0.1, -0.05) is 12.1 Å². The van der Waals surface area contributed by atoms with Gasteiger partial charge in [-0.25, -0.2) is 4.98 Å². The number of nitrogens with one attached hydrogen (secondary N) is 2. The second-order valence-corrected chi connectivity index (χ2v) is 6.77. The van der Waals surface area contributed by atoms with Crippen LogP contribution in [0.2, 0.25) is 0 Å². The Labute approximate surface area is 138 Å². The van der Waals surface area contributed by atoms with Gasteiger partial charge in [0.05, 0.1) is 17.3 Å². The van der Waals surface area contributed by atoms with Crippen LogP contribution in [0.5, 0.6) is 0 Å². The average Bonchev–Trinajstić information content (AvgIpc) is 3.00. The van der Waals surface area contributed by atoms with E-state index in [9.17, 15) is 9.59 Å². The molecule has 1 aromatic carbocycles. The molecule has 2 atom stereocenters. The van der Waals surface area contributed by atoms with Gasteiger partial charge in [-0.05, 0) is 19.1 Å². The van der Waals surface area contributed by atoms with Gasteiger partial charge in [0.1, 0.15) is 0 Å². The highest BCUT2D eigenvalue weighted by Crippen LogP contribution is 2.36. The van der Waals surface area contributed by atoms with E-state index >= 15 is 0 Å². The molecule has 0 saturated heterocycles. The number of carbonyl (C=O) groups excluding carboxylic acids is 2. The van der Waals surface area contributed by atoms with Gasteiger partial charge in [-0.3, -0.25) is 9.59 Å². The van der Waals surface area contributed by atoms with Crippen molar-refractivity contribution in [1.82, 2.24) is 14.9 Å². The molecule has 2 aromatic rings. The first kappa shape index (κ1) is 15.6. The molecule has 120 valence electrons. The molecule has 0 aliphatic carbocycles. The Morgan fingerprint density at radius 1 is 1.48 bits per heavy atom. The van der Waals surface area contributed by atoms with Crippen LogP contribution in [0.4, 0.5) is 5.69 Å². The predicted molar refractivity (Wildman–Crippen MR) is 89.2 cm³/mol. The normalized spacial score (nSPS) is 18.0. The highest BCUT2D eigenvalue weighted by molar-refractivity contribution is 8.01. The highest BCUT2D eigenvalue weighted by atomic mass is 32.2. The molecule has 1 aromatic heterocycles. The molecule has 2 unspecified atom stereocenters. The van der Waals surface area contributed by atoms with Crippen molar-refractivity contribution in [2.75, 3.05) is 5.32 Å². The van der Waals surface area contributed by atoms with Crippen LogP contribution in [0.15, 0.2) is 47.9 Å². The van der Waals surface area contributed by atoms with Gasteiger partial charge in [-0.2, -0.15) is 0 Å². The summed E-state index contributed by atoms with van der Waals surface area (Å²) in [7, 11) is 0. The number of para-hydroxylation sites is 1. The summed E-state index contributed by atoms with van der Waals surface area (Å²) in [5.41, 5.74) is 0.813. The minimum absolute atomic E-state index is 0.0272. The van der Waals surface area contributed by atoms with Gasteiger partial charge in [0.2, 0.25) is 11.8 Å². The van der Waals surface area contributed by atoms with E-state index in [2.05, 4.69) is 15.6 Å². The third kappa shape index (κ3) is 3.92. The van der Waals surface area contributed by atoms with E-state index in [1.54, 1.807) is 12.5 Å². The zero-order valence-corrected chi connectivity index (χ0v) is 13.5. The smallest absolute Gasteiger partial charge is 0.238 e. The summed E-state index contributed by atoms with van der Waals surface area (Å²) in [6.45, 7) is 2.58. The SMILES string of the molecule is CC(Cn1ccnc1)NC(=O)CC1Sc2ccccc2NC1=O. The molecule has 3 rings (SSSR count). The second-order valence-electron chi connectivity index (χ2n) is 5.52. The van der Waals surface area contributed by atoms with Crippen LogP contribution >= 0.6 is 11.8 Å². The maximum atomic E-state index is 12.2. The Morgan fingerprint density at radius 3 is 3.09 bits per heavy atom. The lowest BCUT2D eigenvalue weighted by atomic mass is 10.2. The van der Waals surface area contributed by atoms with Gasteiger partial charge >= 0.3 is 0 Å². The quantitative estimate of drug-likeness (QED) is 0.878. The summed E-state index contributed by atoms with van der Waals surface area (Å²) < 4.78 is 1.91. The predicted octanol–water partition coefficient (Wildman–Crippen LogP) is 1.89. The molecule has 2 N–H and O–H groups in total. The van der Waals surface area contributed by atoms with Gasteiger partial charge in [0.15, 0.2) is 0 Å². The van der Waals surface area contributed by atoms with Gasteiger partial charge in [0.25, 0.3) is 0 Å². The van der Waals surface area contributed by atoms with E-state index in [4.69, 9.17) is 0 Å². The van der Waals surface area contributed by atoms with Crippen molar-refractivity contribution >= 4 is 29.3 Å². The van der Waals surface area contributed by atoms with Crippen molar-refractivity contribution < 1.29 is 9.59 Å². The Bertz CT molecular complexity index is 702. The van der Waals surface area contributed by atoms with Crippen LogP contribution in [0.3, 0.4) is 0 Å². The molecule has 0 bridgehead atoms. The molecular weight excluding hydrogens is 312 g/mol. The van der Waals surface area contributed by atoms with Crippen LogP contribution < -0.4 is 10.6 Å². The second kappa shape index (κ2) is 6.87. The van der Waals surface area contributed by atoms with E-state index in [-0.39, 0.29) is 24.3 Å². The summed E-state index contributed by atoms with van der Waals surface area (Å²) in [6.07, 6.45) is 5.43. The number of thioether (sulfide) groups is 1. The van der Waals surface area contributed by atoms with Crippen LogP contribution in [0.1, 0.15) is 13.3 Å². The monoisotopic (exact) mass is 330 g/mol. The highest BCUT2D eigenvalue weighted by Gasteiger charge is 2.29. The van der Waals surface area contributed by atoms with Gasteiger partial charge in [0, 0.05) is 36.3 Å². The molecule has 0 saturated carbocycles. The molecule has 23 heavy (non-hydrogen) atoms. The first-order chi connectivity index (χ1) is 11.1. The number of benzene rings is 1. The molecule has 1 aliphatic rings. The van der Waals surface area contributed by atoms with E-state index in [1.165, 1.54) is 11.8 Å². The standard InChI is InChI=1S/C16H18N4O2S/c1-11(9-20-7-6-17-10-20)18-15(21)8-14-16(22)19-12-4-2-3-5-13(12)23-14/h2-7,10-11,14H,8-9H2,1H3,(H,18,21)(H,19,22). The number of rotatable bonds is 5. The topological polar surface area (TPSA) is 76.0 Å². The first-order valence-electron chi connectivity index (χ1n) is 7.43. The van der Waals surface area contributed by atoms with Crippen molar-refractivity contribution in [2.24, 2.45) is 0 Å². The van der Waals surface area contributed by atoms with E-state index in [0.717, 1.165) is 10.6 Å². The number of nitrogens with zero attached hydrogens (tertiary/aromatic N) is 2. The number of hydrogen-bond acceptors (Lipinski definition) is 4. The summed E-state index contributed by atoms with van der Waals surface area (Å²) in [5.74, 6) is -0.240. The fraction of sp³-hybridized carbons (Fsp3) is 0.312. The zero-order chi connectivity index (χ0) is 16.2. The van der Waals surface area contributed by atoms with Gasteiger partial charge in [-0.15, -0.1) is 11.8 Å². The van der Waals surface area contributed by atoms with Crippen LogP contribution in [-0.2, 0) is 16.1 Å². The molecular formula is C16H18N4O2S. The largest absolute Gasteiger partial charge is 0.352 e. The molecule has 7 heteroatoms. The molecule has 0 fully saturated rings. The van der Waals surface area contributed by atoms with Crippen molar-refractivity contribution in [3.05, 3.63) is 43.0 Å². The Hall–Kier alpha value is -2.28. The Balaban J connectivity index is 1.54. The lowest BCUT2D eigenvalue weighted by Gasteiger charge is -2.24. The van der Waals surface area contributed by atoms with Crippen LogP contribution in [0.25, 0.3) is 0 Å². The number of hydrogen-bond donors (Lipinski definition) is 2. The zero-order valence-electron chi connectivity index (χ0n) is 12.7. The number of carbonyl (C=O) groups is 2. The fourth-order valence-corrected chi connectivity index (χ4v) is 3.60. The lowest BCUT2D eigenvalue weighted by molar-refractivity contribution is -0.124. The third-order valence-electron chi connectivity index (χ3n) is 3.53.